The molecule has 4 heteroatoms. The first-order chi connectivity index (χ1) is 7.44. The molecule has 4 nitrogen and oxygen atoms in total. The van der Waals surface area contributed by atoms with Gasteiger partial charge in [0.2, 0.25) is 0 Å². The number of ketones is 4. The van der Waals surface area contributed by atoms with E-state index in [-0.39, 0.29) is 23.1 Å². The van der Waals surface area contributed by atoms with Crippen molar-refractivity contribution in [2.24, 2.45) is 0 Å². The predicted octanol–water partition coefficient (Wildman–Crippen LogP) is 1.89. The van der Waals surface area contributed by atoms with Crippen molar-refractivity contribution in [3.05, 3.63) is 0 Å². The molecule has 16 heavy (non-hydrogen) atoms. The largest absolute Gasteiger partial charge is 0.291 e. The van der Waals surface area contributed by atoms with Crippen LogP contribution in [0.1, 0.15) is 53.4 Å². The Morgan fingerprint density at radius 1 is 0.500 bits per heavy atom. The van der Waals surface area contributed by atoms with Gasteiger partial charge in [-0.05, 0) is 0 Å². The van der Waals surface area contributed by atoms with Crippen LogP contribution in [0.2, 0.25) is 0 Å². The highest BCUT2D eigenvalue weighted by molar-refractivity contribution is 6.37. The van der Waals surface area contributed by atoms with Crippen LogP contribution in [-0.4, -0.2) is 23.1 Å². The maximum Gasteiger partial charge on any atom is 0.198 e. The van der Waals surface area contributed by atoms with Crippen LogP contribution in [0.5, 0.6) is 0 Å². The highest BCUT2D eigenvalue weighted by Crippen LogP contribution is 1.87. The van der Waals surface area contributed by atoms with Crippen molar-refractivity contribution >= 4 is 23.1 Å². The third-order valence-corrected chi connectivity index (χ3v) is 1.91. The fourth-order valence-electron chi connectivity index (χ4n) is 0.789. The van der Waals surface area contributed by atoms with Crippen LogP contribution in [-0.2, 0) is 19.2 Å². The minimum absolute atomic E-state index is 0.257. The van der Waals surface area contributed by atoms with E-state index in [0.29, 0.717) is 25.7 Å². The molecule has 0 aromatic heterocycles. The zero-order valence-corrected chi connectivity index (χ0v) is 10.5. The summed E-state index contributed by atoms with van der Waals surface area (Å²) in [6.07, 6.45) is 1.36. The quantitative estimate of drug-likeness (QED) is 0.651. The number of rotatable bonds is 6. The fraction of sp³-hybridized carbons (Fsp3) is 0.667. The summed E-state index contributed by atoms with van der Waals surface area (Å²) in [5.41, 5.74) is 0. The average Bonchev–Trinajstić information content (AvgIpc) is 2.35. The summed E-state index contributed by atoms with van der Waals surface area (Å²) in [5, 5.41) is 0. The van der Waals surface area contributed by atoms with Crippen LogP contribution in [0.3, 0.4) is 0 Å². The number of carbonyl (C=O) groups is 4. The van der Waals surface area contributed by atoms with Gasteiger partial charge < -0.3 is 0 Å². The van der Waals surface area contributed by atoms with Gasteiger partial charge in [0.05, 0.1) is 0 Å². The maximum atomic E-state index is 10.4. The molecule has 0 radical (unpaired) electrons. The summed E-state index contributed by atoms with van der Waals surface area (Å²) < 4.78 is 0. The molecule has 0 atom stereocenters. The minimum Gasteiger partial charge on any atom is -0.291 e. The molecule has 0 fully saturated rings. The summed E-state index contributed by atoms with van der Waals surface area (Å²) >= 11 is 0. The van der Waals surface area contributed by atoms with Gasteiger partial charge in [-0.15, -0.1) is 0 Å². The Kier molecular flexibility index (Phi) is 10.9. The van der Waals surface area contributed by atoms with Crippen LogP contribution in [0, 0.1) is 0 Å². The van der Waals surface area contributed by atoms with Gasteiger partial charge in [-0.2, -0.15) is 0 Å². The Labute approximate surface area is 96.4 Å². The zero-order valence-electron chi connectivity index (χ0n) is 10.5. The van der Waals surface area contributed by atoms with Crippen LogP contribution < -0.4 is 0 Å². The first-order valence-electron chi connectivity index (χ1n) is 5.56. The Balaban J connectivity index is 0. The van der Waals surface area contributed by atoms with Gasteiger partial charge in [-0.1, -0.05) is 27.7 Å². The monoisotopic (exact) mass is 228 g/mol. The summed E-state index contributed by atoms with van der Waals surface area (Å²) in [6, 6.07) is 0. The van der Waals surface area contributed by atoms with E-state index in [1.54, 1.807) is 27.7 Å². The van der Waals surface area contributed by atoms with E-state index in [0.717, 1.165) is 0 Å². The number of carbonyl (C=O) groups excluding carboxylic acids is 4. The molecule has 0 saturated heterocycles. The molecule has 0 aliphatic heterocycles. The average molecular weight is 228 g/mol. The normalized spacial score (nSPS) is 8.75. The molecule has 0 aliphatic rings. The summed E-state index contributed by atoms with van der Waals surface area (Å²) in [6.45, 7) is 6.76. The molecular formula is C12H20O4. The molecule has 0 bridgehead atoms. The summed E-state index contributed by atoms with van der Waals surface area (Å²) in [5.74, 6) is -1.03. The Morgan fingerprint density at radius 3 is 0.688 bits per heavy atom. The van der Waals surface area contributed by atoms with Gasteiger partial charge in [0.15, 0.2) is 23.1 Å². The van der Waals surface area contributed by atoms with Gasteiger partial charge in [-0.25, -0.2) is 0 Å². The molecule has 0 amide bonds. The van der Waals surface area contributed by atoms with Crippen molar-refractivity contribution in [3.8, 4) is 0 Å². The Bertz CT molecular complexity index is 210. The summed E-state index contributed by atoms with van der Waals surface area (Å²) in [7, 11) is 0. The molecule has 0 spiro atoms. The van der Waals surface area contributed by atoms with Crippen LogP contribution in [0.25, 0.3) is 0 Å². The first kappa shape index (κ1) is 17.1. The number of hydrogen-bond donors (Lipinski definition) is 0. The lowest BCUT2D eigenvalue weighted by molar-refractivity contribution is -0.136. The van der Waals surface area contributed by atoms with E-state index in [9.17, 15) is 19.2 Å². The van der Waals surface area contributed by atoms with Gasteiger partial charge in [0, 0.05) is 25.7 Å². The highest BCUT2D eigenvalue weighted by atomic mass is 16.2. The van der Waals surface area contributed by atoms with Crippen molar-refractivity contribution in [3.63, 3.8) is 0 Å². The molecule has 0 unspecified atom stereocenters. The fourth-order valence-corrected chi connectivity index (χ4v) is 0.789. The third kappa shape index (κ3) is 8.03. The highest BCUT2D eigenvalue weighted by Gasteiger charge is 2.06. The molecule has 0 N–H and O–H groups in total. The smallest absolute Gasteiger partial charge is 0.198 e. The van der Waals surface area contributed by atoms with Crippen molar-refractivity contribution in [1.29, 1.82) is 0 Å². The van der Waals surface area contributed by atoms with Gasteiger partial charge >= 0.3 is 0 Å². The zero-order chi connectivity index (χ0) is 13.1. The topological polar surface area (TPSA) is 68.3 Å². The molecule has 0 aromatic carbocycles. The molecule has 0 aromatic rings. The van der Waals surface area contributed by atoms with Gasteiger partial charge in [0.1, 0.15) is 0 Å². The van der Waals surface area contributed by atoms with Crippen molar-refractivity contribution in [1.82, 2.24) is 0 Å². The van der Waals surface area contributed by atoms with E-state index < -0.39 is 0 Å². The van der Waals surface area contributed by atoms with Crippen molar-refractivity contribution < 1.29 is 19.2 Å². The summed E-state index contributed by atoms with van der Waals surface area (Å²) in [4.78, 5) is 41.6. The SMILES string of the molecule is CCC(=O)C(=O)CC.CCC(=O)C(=O)CC. The minimum atomic E-state index is -0.257. The second kappa shape index (κ2) is 10.2. The van der Waals surface area contributed by atoms with Gasteiger partial charge in [-0.3, -0.25) is 19.2 Å². The standard InChI is InChI=1S/2C6H10O2/c2*1-3-5(7)6(8)4-2/h2*3-4H2,1-2H3. The van der Waals surface area contributed by atoms with Crippen LogP contribution >= 0.6 is 0 Å². The van der Waals surface area contributed by atoms with E-state index in [1.165, 1.54) is 0 Å². The Hall–Kier alpha value is -1.32. The van der Waals surface area contributed by atoms with Crippen molar-refractivity contribution in [2.45, 2.75) is 53.4 Å². The van der Waals surface area contributed by atoms with Gasteiger partial charge in [0.25, 0.3) is 0 Å². The molecule has 0 saturated carbocycles. The lowest BCUT2D eigenvalue weighted by Crippen LogP contribution is -2.09. The van der Waals surface area contributed by atoms with E-state index in [4.69, 9.17) is 0 Å². The van der Waals surface area contributed by atoms with E-state index in [2.05, 4.69) is 0 Å². The second-order valence-electron chi connectivity index (χ2n) is 3.11. The molecule has 0 aliphatic carbocycles. The molecule has 0 heterocycles. The maximum absolute atomic E-state index is 10.4. The van der Waals surface area contributed by atoms with E-state index in [1.807, 2.05) is 0 Å². The first-order valence-corrected chi connectivity index (χ1v) is 5.56. The second-order valence-corrected chi connectivity index (χ2v) is 3.11. The predicted molar refractivity (Wildman–Crippen MR) is 61.2 cm³/mol. The molecule has 92 valence electrons. The van der Waals surface area contributed by atoms with Crippen molar-refractivity contribution in [2.75, 3.05) is 0 Å². The number of hydrogen-bond acceptors (Lipinski definition) is 4. The van der Waals surface area contributed by atoms with E-state index >= 15 is 0 Å². The Morgan fingerprint density at radius 2 is 0.625 bits per heavy atom. The lowest BCUT2D eigenvalue weighted by Gasteiger charge is -1.87. The third-order valence-electron chi connectivity index (χ3n) is 1.91. The molecular weight excluding hydrogens is 208 g/mol. The van der Waals surface area contributed by atoms with Crippen LogP contribution in [0.4, 0.5) is 0 Å². The number of Topliss-reactive ketones (excluding diaryl/α,β-unsaturated/α-hetero) is 4. The molecule has 0 rings (SSSR count). The lowest BCUT2D eigenvalue weighted by atomic mass is 10.2. The van der Waals surface area contributed by atoms with Crippen LogP contribution in [0.15, 0.2) is 0 Å².